The highest BCUT2D eigenvalue weighted by Crippen LogP contribution is 2.40. The van der Waals surface area contributed by atoms with Gasteiger partial charge < -0.3 is 14.2 Å². The van der Waals surface area contributed by atoms with Gasteiger partial charge in [-0.3, -0.25) is 9.88 Å². The summed E-state index contributed by atoms with van der Waals surface area (Å²) in [4.78, 5) is 22.7. The van der Waals surface area contributed by atoms with Crippen LogP contribution < -0.4 is 9.64 Å². The van der Waals surface area contributed by atoms with Crippen LogP contribution >= 0.6 is 0 Å². The first-order valence-electron chi connectivity index (χ1n) is 14.2. The molecule has 10 heteroatoms. The maximum Gasteiger partial charge on any atom is 0.319 e. The van der Waals surface area contributed by atoms with Crippen LogP contribution in [0.15, 0.2) is 61.3 Å². The lowest BCUT2D eigenvalue weighted by Crippen LogP contribution is -2.48. The maximum absolute atomic E-state index is 16.4. The molecule has 41 heavy (non-hydrogen) atoms. The van der Waals surface area contributed by atoms with Crippen molar-refractivity contribution in [3.05, 3.63) is 73.0 Å². The van der Waals surface area contributed by atoms with Gasteiger partial charge in [0.15, 0.2) is 5.82 Å². The van der Waals surface area contributed by atoms with E-state index in [0.717, 1.165) is 38.8 Å². The number of rotatable bonds is 6. The molecule has 0 atom stereocenters. The monoisotopic (exact) mass is 553 g/mol. The number of halogens is 2. The summed E-state index contributed by atoms with van der Waals surface area (Å²) in [5.74, 6) is -0.439. The highest BCUT2D eigenvalue weighted by molar-refractivity contribution is 5.99. The number of ether oxygens (including phenoxy) is 1. The minimum atomic E-state index is -0.611. The van der Waals surface area contributed by atoms with E-state index in [2.05, 4.69) is 29.3 Å². The Morgan fingerprint density at radius 3 is 2.59 bits per heavy atom. The van der Waals surface area contributed by atoms with E-state index in [9.17, 15) is 4.39 Å². The normalized spacial score (nSPS) is 18.7. The summed E-state index contributed by atoms with van der Waals surface area (Å²) in [5.41, 5.74) is 0.573. The van der Waals surface area contributed by atoms with Crippen molar-refractivity contribution in [3.63, 3.8) is 0 Å². The summed E-state index contributed by atoms with van der Waals surface area (Å²) in [6.07, 6.45) is 11.6. The SMILES string of the molecule is Fc1c(-c2cccc3cccc(F)c23)ncc2c(N3CC(n4ccnc4)C3)nc(OCC34CCCN3CCC4)nc12. The predicted octanol–water partition coefficient (Wildman–Crippen LogP) is 5.39. The summed E-state index contributed by atoms with van der Waals surface area (Å²) in [6.45, 7) is 4.03. The minimum absolute atomic E-state index is 0.00415. The molecule has 8 rings (SSSR count). The molecule has 0 amide bonds. The Kier molecular flexibility index (Phi) is 5.67. The van der Waals surface area contributed by atoms with Gasteiger partial charge in [0, 0.05) is 42.6 Å². The van der Waals surface area contributed by atoms with Crippen molar-refractivity contribution < 1.29 is 13.5 Å². The average Bonchev–Trinajstić information content (AvgIpc) is 3.70. The van der Waals surface area contributed by atoms with Gasteiger partial charge in [-0.1, -0.05) is 30.3 Å². The Bertz CT molecular complexity index is 1760. The van der Waals surface area contributed by atoms with Crippen LogP contribution in [0.1, 0.15) is 31.7 Å². The van der Waals surface area contributed by atoms with E-state index in [1.54, 1.807) is 36.9 Å². The highest BCUT2D eigenvalue weighted by Gasteiger charge is 2.45. The molecule has 3 aromatic heterocycles. The lowest BCUT2D eigenvalue weighted by molar-refractivity contribution is 0.108. The Balaban J connectivity index is 1.22. The molecule has 2 aromatic carbocycles. The molecule has 8 nitrogen and oxygen atoms in total. The third-order valence-corrected chi connectivity index (χ3v) is 9.14. The largest absolute Gasteiger partial charge is 0.461 e. The van der Waals surface area contributed by atoms with Crippen molar-refractivity contribution in [2.24, 2.45) is 0 Å². The van der Waals surface area contributed by atoms with Gasteiger partial charge in [-0.15, -0.1) is 0 Å². The second-order valence-electron chi connectivity index (χ2n) is 11.4. The molecule has 3 aliphatic heterocycles. The van der Waals surface area contributed by atoms with Crippen molar-refractivity contribution in [2.75, 3.05) is 37.7 Å². The number of aromatic nitrogens is 5. The van der Waals surface area contributed by atoms with Crippen molar-refractivity contribution in [3.8, 4) is 17.3 Å². The van der Waals surface area contributed by atoms with E-state index in [-0.39, 0.29) is 28.8 Å². The Labute approximate surface area is 235 Å². The van der Waals surface area contributed by atoms with Crippen LogP contribution in [0.5, 0.6) is 6.01 Å². The molecule has 0 saturated carbocycles. The summed E-state index contributed by atoms with van der Waals surface area (Å²) in [7, 11) is 0. The number of anilines is 1. The van der Waals surface area contributed by atoms with Gasteiger partial charge in [-0.25, -0.2) is 13.8 Å². The topological polar surface area (TPSA) is 72.2 Å². The predicted molar refractivity (Wildman–Crippen MR) is 152 cm³/mol. The second kappa shape index (κ2) is 9.44. The fraction of sp³-hybridized carbons (Fsp3) is 0.355. The Morgan fingerprint density at radius 1 is 1.00 bits per heavy atom. The summed E-state index contributed by atoms with van der Waals surface area (Å²) in [6, 6.07) is 10.5. The second-order valence-corrected chi connectivity index (χ2v) is 11.4. The smallest absolute Gasteiger partial charge is 0.319 e. The number of hydrogen-bond acceptors (Lipinski definition) is 7. The van der Waals surface area contributed by atoms with Crippen LogP contribution in [0.4, 0.5) is 14.6 Å². The van der Waals surface area contributed by atoms with Gasteiger partial charge in [0.25, 0.3) is 0 Å². The molecule has 3 fully saturated rings. The summed E-state index contributed by atoms with van der Waals surface area (Å²) in [5, 5.41) is 1.52. The van der Waals surface area contributed by atoms with Gasteiger partial charge in [-0.2, -0.15) is 9.97 Å². The molecule has 208 valence electrons. The molecular formula is C31H29F2N7O. The third-order valence-electron chi connectivity index (χ3n) is 9.14. The lowest BCUT2D eigenvalue weighted by Gasteiger charge is -2.41. The van der Waals surface area contributed by atoms with Crippen LogP contribution in [0.2, 0.25) is 0 Å². The van der Waals surface area contributed by atoms with Crippen LogP contribution in [0, 0.1) is 11.6 Å². The number of imidazole rings is 1. The van der Waals surface area contributed by atoms with Gasteiger partial charge in [-0.05, 0) is 50.2 Å². The van der Waals surface area contributed by atoms with Crippen LogP contribution in [0.3, 0.4) is 0 Å². The van der Waals surface area contributed by atoms with E-state index in [1.165, 1.54) is 6.07 Å². The Hall–Kier alpha value is -4.18. The molecule has 6 heterocycles. The number of benzene rings is 2. The molecule has 0 aliphatic carbocycles. The molecule has 3 saturated heterocycles. The molecule has 5 aromatic rings. The first-order chi connectivity index (χ1) is 20.1. The van der Waals surface area contributed by atoms with Crippen LogP contribution in [0.25, 0.3) is 32.9 Å². The molecule has 0 N–H and O–H groups in total. The van der Waals surface area contributed by atoms with Gasteiger partial charge in [0.05, 0.1) is 23.3 Å². The fourth-order valence-corrected chi connectivity index (χ4v) is 6.97. The lowest BCUT2D eigenvalue weighted by atomic mass is 9.95. The van der Waals surface area contributed by atoms with E-state index in [1.807, 2.05) is 18.3 Å². The number of fused-ring (bicyclic) bond motifs is 3. The van der Waals surface area contributed by atoms with Crippen LogP contribution in [-0.2, 0) is 0 Å². The van der Waals surface area contributed by atoms with Gasteiger partial charge in [0.2, 0.25) is 0 Å². The molecule has 0 bridgehead atoms. The molecule has 0 radical (unpaired) electrons. The molecular weight excluding hydrogens is 524 g/mol. The van der Waals surface area contributed by atoms with Crippen molar-refractivity contribution in [2.45, 2.75) is 37.3 Å². The minimum Gasteiger partial charge on any atom is -0.461 e. The van der Waals surface area contributed by atoms with Crippen LogP contribution in [-0.4, -0.2) is 67.7 Å². The third kappa shape index (κ3) is 3.95. The summed E-state index contributed by atoms with van der Waals surface area (Å²) < 4.78 is 39.8. The molecule has 3 aliphatic rings. The Morgan fingerprint density at radius 2 is 1.80 bits per heavy atom. The van der Waals surface area contributed by atoms with Crippen molar-refractivity contribution >= 4 is 27.5 Å². The first-order valence-corrected chi connectivity index (χ1v) is 14.2. The zero-order valence-electron chi connectivity index (χ0n) is 22.5. The fourth-order valence-electron chi connectivity index (χ4n) is 6.97. The van der Waals surface area contributed by atoms with E-state index in [4.69, 9.17) is 9.72 Å². The average molecular weight is 554 g/mol. The van der Waals surface area contributed by atoms with Crippen molar-refractivity contribution in [1.82, 2.24) is 29.4 Å². The van der Waals surface area contributed by atoms with E-state index >= 15 is 4.39 Å². The number of nitrogens with zero attached hydrogens (tertiary/aromatic N) is 7. The number of hydrogen-bond donors (Lipinski definition) is 0. The summed E-state index contributed by atoms with van der Waals surface area (Å²) >= 11 is 0. The quantitative estimate of drug-likeness (QED) is 0.279. The zero-order chi connectivity index (χ0) is 27.6. The number of pyridine rings is 1. The molecule has 0 unspecified atom stereocenters. The van der Waals surface area contributed by atoms with Crippen molar-refractivity contribution in [1.29, 1.82) is 0 Å². The zero-order valence-corrected chi connectivity index (χ0v) is 22.5. The van der Waals surface area contributed by atoms with Gasteiger partial charge >= 0.3 is 6.01 Å². The van der Waals surface area contributed by atoms with Gasteiger partial charge in [0.1, 0.15) is 29.5 Å². The highest BCUT2D eigenvalue weighted by atomic mass is 19.1. The maximum atomic E-state index is 16.4. The first kappa shape index (κ1) is 24.6. The van der Waals surface area contributed by atoms with E-state index in [0.29, 0.717) is 47.2 Å². The van der Waals surface area contributed by atoms with E-state index < -0.39 is 11.6 Å². The standard InChI is InChI=1S/C31H29F2N7O/c32-24-8-2-6-20-5-1-7-22(25(20)24)27-26(33)28-23(15-35-27)29(39-16-21(17-39)38-14-11-34-19-38)37-30(36-28)41-18-31-9-3-12-40(31)13-4-10-31/h1-2,5-8,11,14-15,19,21H,3-4,9-10,12-13,16-18H2. The molecule has 0 spiro atoms.